The molecule has 0 aromatic rings. The van der Waals surface area contributed by atoms with Crippen LogP contribution in [-0.2, 0) is 9.53 Å². The molecular weight excluding hydrogens is 230 g/mol. The molecule has 0 aromatic heterocycles. The van der Waals surface area contributed by atoms with E-state index < -0.39 is 0 Å². The van der Waals surface area contributed by atoms with Crippen LogP contribution >= 0.6 is 0 Å². The minimum atomic E-state index is -0.0824. The Hall–Kier alpha value is -0.650. The third-order valence-electron chi connectivity index (χ3n) is 3.30. The fourth-order valence-corrected chi connectivity index (χ4v) is 2.16. The van der Waals surface area contributed by atoms with E-state index in [-0.39, 0.29) is 5.91 Å². The van der Waals surface area contributed by atoms with Gasteiger partial charge in [0.25, 0.3) is 0 Å². The summed E-state index contributed by atoms with van der Waals surface area (Å²) in [6.07, 6.45) is 4.73. The first-order chi connectivity index (χ1) is 8.69. The highest BCUT2D eigenvalue weighted by atomic mass is 16.5. The lowest BCUT2D eigenvalue weighted by molar-refractivity contribution is -0.121. The topological polar surface area (TPSA) is 67.6 Å². The van der Waals surface area contributed by atoms with E-state index in [2.05, 4.69) is 24.2 Å². The Morgan fingerprint density at radius 1 is 1.28 bits per heavy atom. The van der Waals surface area contributed by atoms with E-state index >= 15 is 0 Å². The second kappa shape index (κ2) is 11.4. The van der Waals surface area contributed by atoms with Crippen molar-refractivity contribution >= 4 is 5.91 Å². The predicted molar refractivity (Wildman–Crippen MR) is 74.0 cm³/mol. The molecule has 0 spiro atoms. The van der Waals surface area contributed by atoms with Crippen LogP contribution in [0.15, 0.2) is 0 Å². The van der Waals surface area contributed by atoms with Crippen molar-refractivity contribution in [1.82, 2.24) is 10.3 Å². The fraction of sp³-hybridized carbons (Fsp3) is 0.923. The molecule has 0 rings (SSSR count). The Bertz CT molecular complexity index is 208. The van der Waals surface area contributed by atoms with Crippen molar-refractivity contribution in [1.29, 1.82) is 0 Å². The summed E-state index contributed by atoms with van der Waals surface area (Å²) in [7, 11) is 1.73. The van der Waals surface area contributed by atoms with Gasteiger partial charge in [0.15, 0.2) is 0 Å². The second-order valence-corrected chi connectivity index (χ2v) is 4.52. The van der Waals surface area contributed by atoms with Crippen molar-refractivity contribution in [3.8, 4) is 0 Å². The minimum absolute atomic E-state index is 0.0824. The van der Waals surface area contributed by atoms with Crippen LogP contribution in [-0.4, -0.2) is 43.7 Å². The van der Waals surface area contributed by atoms with Crippen LogP contribution in [0.5, 0.6) is 0 Å². The van der Waals surface area contributed by atoms with Gasteiger partial charge >= 0.3 is 0 Å². The summed E-state index contributed by atoms with van der Waals surface area (Å²) in [6.45, 7) is 7.19. The Balaban J connectivity index is 3.95. The monoisotopic (exact) mass is 259 g/mol. The first-order valence-corrected chi connectivity index (χ1v) is 6.91. The zero-order chi connectivity index (χ0) is 13.8. The number of nitrogens with one attached hydrogen (secondary N) is 1. The Labute approximate surface area is 111 Å². The molecule has 3 N–H and O–H groups in total. The van der Waals surface area contributed by atoms with Gasteiger partial charge in [-0.3, -0.25) is 15.1 Å². The van der Waals surface area contributed by atoms with Crippen molar-refractivity contribution in [2.45, 2.75) is 52.0 Å². The molecule has 0 unspecified atom stereocenters. The number of ether oxygens (including phenoxy) is 1. The second-order valence-electron chi connectivity index (χ2n) is 4.52. The first-order valence-electron chi connectivity index (χ1n) is 6.91. The van der Waals surface area contributed by atoms with E-state index in [0.717, 1.165) is 45.4 Å². The molecule has 0 heterocycles. The number of hydrazine groups is 1. The number of amides is 1. The van der Waals surface area contributed by atoms with E-state index in [4.69, 9.17) is 10.6 Å². The molecule has 1 amide bonds. The molecule has 0 saturated carbocycles. The average molecular weight is 259 g/mol. The lowest BCUT2D eigenvalue weighted by Gasteiger charge is -2.30. The van der Waals surface area contributed by atoms with Crippen molar-refractivity contribution in [2.24, 2.45) is 5.84 Å². The van der Waals surface area contributed by atoms with Gasteiger partial charge in [-0.15, -0.1) is 0 Å². The molecule has 0 fully saturated rings. The molecule has 0 aromatic carbocycles. The van der Waals surface area contributed by atoms with Crippen LogP contribution in [0, 0.1) is 0 Å². The van der Waals surface area contributed by atoms with Gasteiger partial charge in [0.2, 0.25) is 5.91 Å². The maximum Gasteiger partial charge on any atom is 0.233 e. The molecule has 5 nitrogen and oxygen atoms in total. The number of nitrogens with zero attached hydrogens (tertiary/aromatic N) is 1. The summed E-state index contributed by atoms with van der Waals surface area (Å²) in [6, 6.07) is 0.614. The number of carbonyl (C=O) groups is 1. The summed E-state index contributed by atoms with van der Waals surface area (Å²) in [5.74, 6) is 4.96. The maximum absolute atomic E-state index is 11.0. The lowest BCUT2D eigenvalue weighted by Crippen LogP contribution is -2.38. The lowest BCUT2D eigenvalue weighted by atomic mass is 10.1. The highest BCUT2D eigenvalue weighted by Gasteiger charge is 2.14. The van der Waals surface area contributed by atoms with Gasteiger partial charge < -0.3 is 4.74 Å². The molecule has 108 valence electrons. The number of unbranched alkanes of at least 4 members (excludes halogenated alkanes) is 1. The standard InChI is InChI=1S/C13H29N3O2/c1-4-12(5-2)16(10-11-18-3)9-7-6-8-13(17)15-14/h12H,4-11,14H2,1-3H3,(H,15,17). The molecule has 0 radical (unpaired) electrons. The molecule has 0 aliphatic rings. The number of hydrogen-bond donors (Lipinski definition) is 2. The number of nitrogens with two attached hydrogens (primary N) is 1. The highest BCUT2D eigenvalue weighted by molar-refractivity contribution is 5.75. The zero-order valence-corrected chi connectivity index (χ0v) is 12.1. The van der Waals surface area contributed by atoms with Crippen LogP contribution in [0.3, 0.4) is 0 Å². The van der Waals surface area contributed by atoms with Gasteiger partial charge in [0.1, 0.15) is 0 Å². The van der Waals surface area contributed by atoms with Gasteiger partial charge in [0, 0.05) is 26.1 Å². The van der Waals surface area contributed by atoms with E-state index in [9.17, 15) is 4.79 Å². The van der Waals surface area contributed by atoms with Crippen LogP contribution in [0.25, 0.3) is 0 Å². The number of hydrogen-bond acceptors (Lipinski definition) is 4. The maximum atomic E-state index is 11.0. The summed E-state index contributed by atoms with van der Waals surface area (Å²) < 4.78 is 5.15. The molecule has 0 atom stereocenters. The SMILES string of the molecule is CCC(CC)N(CCCCC(=O)NN)CCOC. The molecule has 5 heteroatoms. The third kappa shape index (κ3) is 7.63. The van der Waals surface area contributed by atoms with Crippen molar-refractivity contribution < 1.29 is 9.53 Å². The molecule has 0 bridgehead atoms. The van der Waals surface area contributed by atoms with E-state index in [1.54, 1.807) is 7.11 Å². The van der Waals surface area contributed by atoms with Gasteiger partial charge in [-0.1, -0.05) is 13.8 Å². The zero-order valence-electron chi connectivity index (χ0n) is 12.1. The summed E-state index contributed by atoms with van der Waals surface area (Å²) in [5, 5.41) is 0. The Morgan fingerprint density at radius 2 is 1.94 bits per heavy atom. The fourth-order valence-electron chi connectivity index (χ4n) is 2.16. The van der Waals surface area contributed by atoms with Crippen LogP contribution in [0.4, 0.5) is 0 Å². The van der Waals surface area contributed by atoms with Crippen LogP contribution in [0.1, 0.15) is 46.0 Å². The van der Waals surface area contributed by atoms with Crippen LogP contribution in [0.2, 0.25) is 0 Å². The summed E-state index contributed by atoms with van der Waals surface area (Å²) >= 11 is 0. The van der Waals surface area contributed by atoms with E-state index in [1.807, 2.05) is 0 Å². The highest BCUT2D eigenvalue weighted by Crippen LogP contribution is 2.10. The Morgan fingerprint density at radius 3 is 2.44 bits per heavy atom. The quantitative estimate of drug-likeness (QED) is 0.254. The summed E-state index contributed by atoms with van der Waals surface area (Å²) in [4.78, 5) is 13.5. The summed E-state index contributed by atoms with van der Waals surface area (Å²) in [5.41, 5.74) is 2.16. The van der Waals surface area contributed by atoms with Gasteiger partial charge in [-0.2, -0.15) is 0 Å². The molecule has 0 saturated heterocycles. The number of methoxy groups -OCH3 is 1. The van der Waals surface area contributed by atoms with Crippen molar-refractivity contribution in [2.75, 3.05) is 26.8 Å². The Kier molecular flexibility index (Phi) is 11.0. The minimum Gasteiger partial charge on any atom is -0.383 e. The van der Waals surface area contributed by atoms with Gasteiger partial charge in [0.05, 0.1) is 6.61 Å². The molecular formula is C13H29N3O2. The smallest absolute Gasteiger partial charge is 0.233 e. The van der Waals surface area contributed by atoms with E-state index in [0.29, 0.717) is 12.5 Å². The molecule has 0 aliphatic carbocycles. The average Bonchev–Trinajstić information content (AvgIpc) is 2.40. The van der Waals surface area contributed by atoms with Crippen LogP contribution < -0.4 is 11.3 Å². The predicted octanol–water partition coefficient (Wildman–Crippen LogP) is 1.28. The molecule has 0 aliphatic heterocycles. The van der Waals surface area contributed by atoms with E-state index in [1.165, 1.54) is 0 Å². The number of carbonyl (C=O) groups excluding carboxylic acids is 1. The first kappa shape index (κ1) is 17.4. The normalized spacial score (nSPS) is 11.2. The van der Waals surface area contributed by atoms with Gasteiger partial charge in [-0.05, 0) is 32.2 Å². The molecule has 18 heavy (non-hydrogen) atoms. The van der Waals surface area contributed by atoms with Crippen molar-refractivity contribution in [3.63, 3.8) is 0 Å². The van der Waals surface area contributed by atoms with Gasteiger partial charge in [-0.25, -0.2) is 5.84 Å². The number of rotatable bonds is 11. The van der Waals surface area contributed by atoms with Crippen molar-refractivity contribution in [3.05, 3.63) is 0 Å². The third-order valence-corrected chi connectivity index (χ3v) is 3.30. The largest absolute Gasteiger partial charge is 0.383 e.